The van der Waals surface area contributed by atoms with E-state index in [2.05, 4.69) is 0 Å². The average molecular weight is 235 g/mol. The van der Waals surface area contributed by atoms with E-state index in [1.54, 1.807) is 12.1 Å². The number of carbonyl (C=O) groups is 1. The van der Waals surface area contributed by atoms with E-state index in [1.807, 2.05) is 0 Å². The Labute approximate surface area is 91.2 Å². The molecule has 1 aromatic carbocycles. The van der Waals surface area contributed by atoms with Gasteiger partial charge in [0.05, 0.1) is 10.0 Å². The molecule has 0 saturated heterocycles. The third-order valence-electron chi connectivity index (χ3n) is 1.55. The molecule has 1 rings (SSSR count). The Morgan fingerprint density at radius 1 is 1.43 bits per heavy atom. The van der Waals surface area contributed by atoms with E-state index in [0.717, 1.165) is 0 Å². The molecule has 0 unspecified atom stereocenters. The molecule has 76 valence electrons. The number of aliphatic carboxylic acids is 1. The Bertz CT molecular complexity index is 352. The summed E-state index contributed by atoms with van der Waals surface area (Å²) >= 11 is 11.4. The number of carboxylic acid groups (broad SMARTS) is 1. The van der Waals surface area contributed by atoms with E-state index < -0.39 is 12.1 Å². The number of hydrogen-bond donors (Lipinski definition) is 1. The summed E-state index contributed by atoms with van der Waals surface area (Å²) in [6.07, 6.45) is -0.910. The van der Waals surface area contributed by atoms with Crippen molar-refractivity contribution < 1.29 is 14.6 Å². The lowest BCUT2D eigenvalue weighted by atomic mass is 10.3. The first kappa shape index (κ1) is 11.1. The van der Waals surface area contributed by atoms with Gasteiger partial charge in [-0.2, -0.15) is 0 Å². The number of halogens is 2. The molecule has 0 aliphatic carbocycles. The summed E-state index contributed by atoms with van der Waals surface area (Å²) in [4.78, 5) is 10.5. The molecule has 0 spiro atoms. The zero-order valence-corrected chi connectivity index (χ0v) is 8.84. The second-order valence-electron chi connectivity index (χ2n) is 2.67. The Balaban J connectivity index is 2.78. The van der Waals surface area contributed by atoms with Gasteiger partial charge in [-0.3, -0.25) is 0 Å². The van der Waals surface area contributed by atoms with Gasteiger partial charge in [0.2, 0.25) is 0 Å². The average Bonchev–Trinajstić information content (AvgIpc) is 2.11. The summed E-state index contributed by atoms with van der Waals surface area (Å²) in [6, 6.07) is 4.59. The van der Waals surface area contributed by atoms with Gasteiger partial charge < -0.3 is 9.84 Å². The lowest BCUT2D eigenvalue weighted by Gasteiger charge is -2.10. The summed E-state index contributed by atoms with van der Waals surface area (Å²) < 4.78 is 5.07. The highest BCUT2D eigenvalue weighted by Gasteiger charge is 2.12. The predicted octanol–water partition coefficient (Wildman–Crippen LogP) is 2.85. The topological polar surface area (TPSA) is 46.5 Å². The Morgan fingerprint density at radius 2 is 2.07 bits per heavy atom. The van der Waals surface area contributed by atoms with Crippen LogP contribution in [0, 0.1) is 0 Å². The second kappa shape index (κ2) is 4.53. The molecular weight excluding hydrogens is 227 g/mol. The molecule has 1 N–H and O–H groups in total. The molecule has 0 fully saturated rings. The van der Waals surface area contributed by atoms with Crippen LogP contribution in [-0.2, 0) is 4.79 Å². The molecule has 0 bridgehead atoms. The molecule has 0 amide bonds. The van der Waals surface area contributed by atoms with Crippen molar-refractivity contribution in [2.75, 3.05) is 0 Å². The van der Waals surface area contributed by atoms with Crippen molar-refractivity contribution in [2.45, 2.75) is 13.0 Å². The third kappa shape index (κ3) is 2.79. The van der Waals surface area contributed by atoms with Gasteiger partial charge in [-0.25, -0.2) is 4.79 Å². The van der Waals surface area contributed by atoms with E-state index in [0.29, 0.717) is 15.8 Å². The second-order valence-corrected chi connectivity index (χ2v) is 3.49. The van der Waals surface area contributed by atoms with Crippen molar-refractivity contribution in [1.82, 2.24) is 0 Å². The zero-order chi connectivity index (χ0) is 10.7. The van der Waals surface area contributed by atoms with Gasteiger partial charge >= 0.3 is 5.97 Å². The van der Waals surface area contributed by atoms with Crippen molar-refractivity contribution >= 4 is 29.2 Å². The summed E-state index contributed by atoms with van der Waals surface area (Å²) in [6.45, 7) is 1.44. The molecule has 5 heteroatoms. The first-order chi connectivity index (χ1) is 6.50. The largest absolute Gasteiger partial charge is 0.479 e. The van der Waals surface area contributed by atoms with Gasteiger partial charge in [0, 0.05) is 6.07 Å². The van der Waals surface area contributed by atoms with E-state index in [9.17, 15) is 4.79 Å². The summed E-state index contributed by atoms with van der Waals surface area (Å²) in [5, 5.41) is 9.32. The molecule has 3 nitrogen and oxygen atoms in total. The number of carboxylic acids is 1. The van der Waals surface area contributed by atoms with Crippen LogP contribution in [0.1, 0.15) is 6.92 Å². The first-order valence-electron chi connectivity index (χ1n) is 3.85. The van der Waals surface area contributed by atoms with Crippen LogP contribution in [0.5, 0.6) is 5.75 Å². The molecule has 14 heavy (non-hydrogen) atoms. The number of hydrogen-bond acceptors (Lipinski definition) is 2. The molecule has 0 saturated carbocycles. The maximum Gasteiger partial charge on any atom is 0.344 e. The minimum Gasteiger partial charge on any atom is -0.479 e. The minimum absolute atomic E-state index is 0.335. The van der Waals surface area contributed by atoms with Crippen LogP contribution in [0.2, 0.25) is 10.0 Å². The lowest BCUT2D eigenvalue weighted by molar-refractivity contribution is -0.144. The Morgan fingerprint density at radius 3 is 2.57 bits per heavy atom. The number of benzene rings is 1. The van der Waals surface area contributed by atoms with E-state index in [4.69, 9.17) is 33.0 Å². The minimum atomic E-state index is -1.03. The summed E-state index contributed by atoms with van der Waals surface area (Å²) in [5.74, 6) is -0.648. The van der Waals surface area contributed by atoms with Crippen LogP contribution in [0.25, 0.3) is 0 Å². The van der Waals surface area contributed by atoms with E-state index in [1.165, 1.54) is 13.0 Å². The van der Waals surface area contributed by atoms with Crippen molar-refractivity contribution in [3.05, 3.63) is 28.2 Å². The van der Waals surface area contributed by atoms with Gasteiger partial charge in [-0.05, 0) is 19.1 Å². The normalized spacial score (nSPS) is 12.2. The van der Waals surface area contributed by atoms with Gasteiger partial charge in [0.15, 0.2) is 6.10 Å². The van der Waals surface area contributed by atoms with E-state index in [-0.39, 0.29) is 0 Å². The number of rotatable bonds is 3. The summed E-state index contributed by atoms with van der Waals surface area (Å²) in [7, 11) is 0. The molecule has 0 aromatic heterocycles. The quantitative estimate of drug-likeness (QED) is 0.876. The van der Waals surface area contributed by atoms with Gasteiger partial charge in [-0.1, -0.05) is 23.2 Å². The molecular formula is C9H8Cl2O3. The van der Waals surface area contributed by atoms with Crippen LogP contribution in [0.4, 0.5) is 0 Å². The van der Waals surface area contributed by atoms with Gasteiger partial charge in [0.25, 0.3) is 0 Å². The maximum absolute atomic E-state index is 10.5. The van der Waals surface area contributed by atoms with Crippen LogP contribution >= 0.6 is 23.2 Å². The highest BCUT2D eigenvalue weighted by atomic mass is 35.5. The predicted molar refractivity (Wildman–Crippen MR) is 54.2 cm³/mol. The highest BCUT2D eigenvalue weighted by molar-refractivity contribution is 6.42. The fourth-order valence-electron chi connectivity index (χ4n) is 0.805. The monoisotopic (exact) mass is 234 g/mol. The van der Waals surface area contributed by atoms with E-state index >= 15 is 0 Å². The zero-order valence-electron chi connectivity index (χ0n) is 7.33. The molecule has 0 heterocycles. The fourth-order valence-corrected chi connectivity index (χ4v) is 1.09. The fraction of sp³-hybridized carbons (Fsp3) is 0.222. The third-order valence-corrected chi connectivity index (χ3v) is 2.29. The van der Waals surface area contributed by atoms with Crippen LogP contribution < -0.4 is 4.74 Å². The van der Waals surface area contributed by atoms with Crippen LogP contribution in [-0.4, -0.2) is 17.2 Å². The van der Waals surface area contributed by atoms with Crippen LogP contribution in [0.15, 0.2) is 18.2 Å². The number of ether oxygens (including phenoxy) is 1. The highest BCUT2D eigenvalue weighted by Crippen LogP contribution is 2.26. The SMILES string of the molecule is C[C@@H](Oc1ccc(Cl)c(Cl)c1)C(=O)O. The van der Waals surface area contributed by atoms with Gasteiger partial charge in [-0.15, -0.1) is 0 Å². The molecule has 0 aliphatic heterocycles. The van der Waals surface area contributed by atoms with Crippen molar-refractivity contribution in [1.29, 1.82) is 0 Å². The molecule has 1 atom stereocenters. The van der Waals surface area contributed by atoms with Crippen LogP contribution in [0.3, 0.4) is 0 Å². The molecule has 0 radical (unpaired) electrons. The smallest absolute Gasteiger partial charge is 0.344 e. The lowest BCUT2D eigenvalue weighted by Crippen LogP contribution is -2.22. The first-order valence-corrected chi connectivity index (χ1v) is 4.61. The standard InChI is InChI=1S/C9H8Cl2O3/c1-5(9(12)13)14-6-2-3-7(10)8(11)4-6/h2-5H,1H3,(H,12,13)/t5-/m1/s1. The summed E-state index contributed by atoms with van der Waals surface area (Å²) in [5.41, 5.74) is 0. The van der Waals surface area contributed by atoms with Crippen molar-refractivity contribution in [3.63, 3.8) is 0 Å². The Kier molecular flexibility index (Phi) is 3.61. The Hall–Kier alpha value is -0.930. The molecule has 1 aromatic rings. The maximum atomic E-state index is 10.5. The van der Waals surface area contributed by atoms with Gasteiger partial charge in [0.1, 0.15) is 5.75 Å². The van der Waals surface area contributed by atoms with Crippen molar-refractivity contribution in [2.24, 2.45) is 0 Å². The molecule has 0 aliphatic rings. The van der Waals surface area contributed by atoms with Crippen molar-refractivity contribution in [3.8, 4) is 5.75 Å².